The molecule has 0 spiro atoms. The molecule has 198 valence electrons. The molecule has 4 aromatic rings. The van der Waals surface area contributed by atoms with E-state index in [-0.39, 0.29) is 46.4 Å². The van der Waals surface area contributed by atoms with Crippen molar-refractivity contribution in [1.29, 1.82) is 0 Å². The fourth-order valence-corrected chi connectivity index (χ4v) is 5.46. The average molecular weight is 560 g/mol. The Morgan fingerprint density at radius 3 is 2.50 bits per heavy atom. The molecular formula is C25H23F2N5O4S2. The van der Waals surface area contributed by atoms with E-state index in [0.29, 0.717) is 27.8 Å². The second-order valence-corrected chi connectivity index (χ2v) is 10.3. The van der Waals surface area contributed by atoms with Crippen LogP contribution in [0.3, 0.4) is 0 Å². The predicted octanol–water partition coefficient (Wildman–Crippen LogP) is 3.98. The van der Waals surface area contributed by atoms with Gasteiger partial charge in [-0.25, -0.2) is 13.8 Å². The second kappa shape index (κ2) is 11.7. The lowest BCUT2D eigenvalue weighted by atomic mass is 10.0. The Kier molecular flexibility index (Phi) is 8.42. The Morgan fingerprint density at radius 1 is 1.13 bits per heavy atom. The van der Waals surface area contributed by atoms with Gasteiger partial charge in [0.05, 0.1) is 41.6 Å². The number of carbonyl (C=O) groups excluding carboxylic acids is 2. The average Bonchev–Trinajstić information content (AvgIpc) is 3.45. The zero-order chi connectivity index (χ0) is 27.4. The van der Waals surface area contributed by atoms with E-state index >= 15 is 0 Å². The molecule has 0 fully saturated rings. The highest BCUT2D eigenvalue weighted by molar-refractivity contribution is 7.20. The number of aliphatic hydroxyl groups is 2. The molecule has 6 N–H and O–H groups in total. The molecule has 0 saturated carbocycles. The summed E-state index contributed by atoms with van der Waals surface area (Å²) >= 11 is 1.97. The summed E-state index contributed by atoms with van der Waals surface area (Å²) in [7, 11) is 0. The van der Waals surface area contributed by atoms with E-state index in [2.05, 4.69) is 20.0 Å². The number of hydrogen-bond donors (Lipinski definition) is 5. The number of nitrogens with zero attached hydrogens (tertiary/aromatic N) is 2. The third-order valence-corrected chi connectivity index (χ3v) is 7.06. The van der Waals surface area contributed by atoms with Gasteiger partial charge in [0.1, 0.15) is 27.5 Å². The van der Waals surface area contributed by atoms with Crippen molar-refractivity contribution >= 4 is 50.5 Å². The lowest BCUT2D eigenvalue weighted by Gasteiger charge is -2.08. The summed E-state index contributed by atoms with van der Waals surface area (Å²) < 4.78 is 33.7. The minimum absolute atomic E-state index is 0.0201. The van der Waals surface area contributed by atoms with Crippen molar-refractivity contribution in [2.75, 3.05) is 10.6 Å². The number of pyridine rings is 1. The van der Waals surface area contributed by atoms with Crippen molar-refractivity contribution in [1.82, 2.24) is 9.36 Å². The Morgan fingerprint density at radius 2 is 1.87 bits per heavy atom. The lowest BCUT2D eigenvalue weighted by molar-refractivity contribution is -0.115. The minimum Gasteiger partial charge on any atom is -0.393 e. The standard InChI is InChI=1S/C25H23F2N5O4S2/c1-12(34)5-13-6-17(26)23(18(27)7-13)19-10-16(24(28)36)25(37-19)30-20-4-2-3-14(29-20)8-21(35)31-22-9-15(11-33)32-38-22/h2-4,6-7,9-10,12,33-34H,5,8,11H2,1H3,(H2,28,36)(H,29,30)(H,31,35). The lowest BCUT2D eigenvalue weighted by Crippen LogP contribution is -2.15. The van der Waals surface area contributed by atoms with Gasteiger partial charge in [-0.3, -0.25) is 9.59 Å². The molecule has 9 nitrogen and oxygen atoms in total. The molecule has 0 aliphatic heterocycles. The number of thiophene rings is 1. The Labute approximate surface area is 224 Å². The first-order chi connectivity index (χ1) is 18.1. The van der Waals surface area contributed by atoms with E-state index in [1.807, 2.05) is 0 Å². The Balaban J connectivity index is 1.55. The van der Waals surface area contributed by atoms with Crippen LogP contribution < -0.4 is 16.4 Å². The van der Waals surface area contributed by atoms with Gasteiger partial charge < -0.3 is 26.6 Å². The number of aliphatic hydroxyl groups excluding tert-OH is 2. The van der Waals surface area contributed by atoms with Crippen LogP contribution >= 0.6 is 22.9 Å². The summed E-state index contributed by atoms with van der Waals surface area (Å²) in [5.74, 6) is -2.52. The molecule has 13 heteroatoms. The number of aromatic nitrogens is 2. The third kappa shape index (κ3) is 6.55. The molecular weight excluding hydrogens is 536 g/mol. The van der Waals surface area contributed by atoms with Crippen molar-refractivity contribution in [2.24, 2.45) is 5.73 Å². The number of amides is 2. The van der Waals surface area contributed by atoms with Gasteiger partial charge in [0, 0.05) is 4.88 Å². The van der Waals surface area contributed by atoms with Crippen LogP contribution in [0.25, 0.3) is 10.4 Å². The fourth-order valence-electron chi connectivity index (χ4n) is 3.67. The normalized spacial score (nSPS) is 11.8. The summed E-state index contributed by atoms with van der Waals surface area (Å²) in [6.45, 7) is 1.29. The number of nitrogens with one attached hydrogen (secondary N) is 2. The van der Waals surface area contributed by atoms with E-state index in [1.54, 1.807) is 24.3 Å². The molecule has 38 heavy (non-hydrogen) atoms. The SMILES string of the molecule is CC(O)Cc1cc(F)c(-c2cc(C(N)=O)c(Nc3cccc(CC(=O)Nc4cc(CO)ns4)n3)s2)c(F)c1. The van der Waals surface area contributed by atoms with E-state index in [1.165, 1.54) is 13.0 Å². The summed E-state index contributed by atoms with van der Waals surface area (Å²) in [4.78, 5) is 29.0. The van der Waals surface area contributed by atoms with Gasteiger partial charge in [0.25, 0.3) is 5.91 Å². The minimum atomic E-state index is -0.831. The van der Waals surface area contributed by atoms with Crippen molar-refractivity contribution < 1.29 is 28.6 Å². The number of primary amides is 1. The maximum atomic E-state index is 14.9. The number of benzene rings is 1. The number of carbonyl (C=O) groups is 2. The molecule has 3 heterocycles. The molecule has 0 aliphatic rings. The van der Waals surface area contributed by atoms with Crippen molar-refractivity contribution in [3.05, 3.63) is 76.6 Å². The summed E-state index contributed by atoms with van der Waals surface area (Å²) in [6, 6.07) is 10.1. The summed E-state index contributed by atoms with van der Waals surface area (Å²) in [5, 5.41) is 25.0. The molecule has 4 rings (SSSR count). The molecule has 1 unspecified atom stereocenters. The van der Waals surface area contributed by atoms with Gasteiger partial charge >= 0.3 is 0 Å². The maximum Gasteiger partial charge on any atom is 0.251 e. The first-order valence-corrected chi connectivity index (χ1v) is 12.9. The van der Waals surface area contributed by atoms with E-state index in [0.717, 1.165) is 35.0 Å². The molecule has 0 bridgehead atoms. The molecule has 0 radical (unpaired) electrons. The zero-order valence-electron chi connectivity index (χ0n) is 20.0. The molecule has 2 amide bonds. The van der Waals surface area contributed by atoms with Crippen LogP contribution in [0.2, 0.25) is 0 Å². The quantitative estimate of drug-likeness (QED) is 0.197. The van der Waals surface area contributed by atoms with Crippen molar-refractivity contribution in [2.45, 2.75) is 32.5 Å². The first-order valence-electron chi connectivity index (χ1n) is 11.3. The van der Waals surface area contributed by atoms with E-state index in [9.17, 15) is 23.5 Å². The fraction of sp³-hybridized carbons (Fsp3) is 0.200. The molecule has 0 aliphatic carbocycles. The number of nitrogens with two attached hydrogens (primary N) is 1. The highest BCUT2D eigenvalue weighted by Crippen LogP contribution is 2.39. The highest BCUT2D eigenvalue weighted by Gasteiger charge is 2.21. The number of anilines is 3. The van der Waals surface area contributed by atoms with Crippen molar-refractivity contribution in [3.63, 3.8) is 0 Å². The molecule has 3 aromatic heterocycles. The van der Waals surface area contributed by atoms with Crippen LogP contribution in [0.4, 0.5) is 24.6 Å². The first kappa shape index (κ1) is 27.3. The van der Waals surface area contributed by atoms with Gasteiger partial charge in [0.15, 0.2) is 0 Å². The maximum absolute atomic E-state index is 14.9. The van der Waals surface area contributed by atoms with Gasteiger partial charge in [0.2, 0.25) is 5.91 Å². The topological polar surface area (TPSA) is 150 Å². The Hall–Kier alpha value is -3.78. The second-order valence-electron chi connectivity index (χ2n) is 8.41. The van der Waals surface area contributed by atoms with Gasteiger partial charge in [-0.05, 0) is 66.8 Å². The zero-order valence-corrected chi connectivity index (χ0v) is 21.6. The molecule has 0 saturated heterocycles. The smallest absolute Gasteiger partial charge is 0.251 e. The summed E-state index contributed by atoms with van der Waals surface area (Å²) in [6.07, 6.45) is -0.735. The summed E-state index contributed by atoms with van der Waals surface area (Å²) in [5.41, 5.74) is 6.39. The monoisotopic (exact) mass is 559 g/mol. The number of rotatable bonds is 10. The van der Waals surface area contributed by atoms with Crippen LogP contribution in [0.1, 0.15) is 34.2 Å². The van der Waals surface area contributed by atoms with Crippen LogP contribution in [0.5, 0.6) is 0 Å². The third-order valence-electron chi connectivity index (χ3n) is 5.25. The molecule has 1 aromatic carbocycles. The van der Waals surface area contributed by atoms with Gasteiger partial charge in [-0.15, -0.1) is 11.3 Å². The van der Waals surface area contributed by atoms with Crippen LogP contribution in [-0.4, -0.2) is 37.5 Å². The van der Waals surface area contributed by atoms with Crippen LogP contribution in [-0.2, 0) is 24.2 Å². The van der Waals surface area contributed by atoms with Gasteiger partial charge in [-0.2, -0.15) is 4.37 Å². The number of hydrogen-bond acceptors (Lipinski definition) is 9. The predicted molar refractivity (Wildman–Crippen MR) is 141 cm³/mol. The highest BCUT2D eigenvalue weighted by atomic mass is 32.1. The van der Waals surface area contributed by atoms with E-state index in [4.69, 9.17) is 10.8 Å². The molecule has 1 atom stereocenters. The van der Waals surface area contributed by atoms with Crippen molar-refractivity contribution in [3.8, 4) is 10.4 Å². The largest absolute Gasteiger partial charge is 0.393 e. The van der Waals surface area contributed by atoms with Crippen LogP contribution in [0.15, 0.2) is 42.5 Å². The van der Waals surface area contributed by atoms with Gasteiger partial charge in [-0.1, -0.05) is 6.07 Å². The Bertz CT molecular complexity index is 1470. The van der Waals surface area contributed by atoms with E-state index < -0.39 is 23.6 Å². The number of halogens is 2. The van der Waals surface area contributed by atoms with Crippen LogP contribution in [0, 0.1) is 11.6 Å².